The number of carbonyl (C=O) groups excluding carboxylic acids is 3. The number of benzene rings is 1. The molecule has 3 amide bonds. The van der Waals surface area contributed by atoms with Crippen LogP contribution >= 0.6 is 23.1 Å². The van der Waals surface area contributed by atoms with Crippen LogP contribution in [0, 0.1) is 0 Å². The number of carbonyl (C=O) groups is 3. The van der Waals surface area contributed by atoms with Crippen molar-refractivity contribution in [3.05, 3.63) is 40.7 Å². The Morgan fingerprint density at radius 3 is 2.74 bits per heavy atom. The molecule has 1 saturated heterocycles. The first kappa shape index (κ1) is 15.7. The smallest absolute Gasteiger partial charge is 0.288 e. The highest BCUT2D eigenvalue weighted by molar-refractivity contribution is 8.14. The van der Waals surface area contributed by atoms with Gasteiger partial charge in [-0.15, -0.1) is 11.3 Å². The Morgan fingerprint density at radius 1 is 1.26 bits per heavy atom. The Kier molecular flexibility index (Phi) is 4.73. The molecule has 0 spiro atoms. The lowest BCUT2D eigenvalue weighted by molar-refractivity contribution is -0.124. The molecule has 1 aliphatic heterocycles. The van der Waals surface area contributed by atoms with Gasteiger partial charge in [-0.3, -0.25) is 19.3 Å². The first-order valence-electron chi connectivity index (χ1n) is 6.91. The van der Waals surface area contributed by atoms with E-state index in [4.69, 9.17) is 0 Å². The van der Waals surface area contributed by atoms with Gasteiger partial charge in [0.05, 0.1) is 17.0 Å². The van der Waals surface area contributed by atoms with Crippen LogP contribution in [0.25, 0.3) is 11.3 Å². The van der Waals surface area contributed by atoms with E-state index in [1.54, 1.807) is 5.51 Å². The molecular weight excluding hydrogens is 334 g/mol. The number of thiazole rings is 1. The molecule has 118 valence electrons. The van der Waals surface area contributed by atoms with Gasteiger partial charge in [-0.05, 0) is 0 Å². The van der Waals surface area contributed by atoms with Gasteiger partial charge in [-0.1, -0.05) is 42.1 Å². The average Bonchev–Trinajstić information content (AvgIpc) is 3.17. The summed E-state index contributed by atoms with van der Waals surface area (Å²) in [5, 5.41) is 2.48. The number of thioether (sulfide) groups is 1. The van der Waals surface area contributed by atoms with Crippen LogP contribution in [0.4, 0.5) is 4.79 Å². The SMILES string of the molecule is O=C(NCCN1C(=O)CSC1=O)c1scnc1-c1ccccc1. The van der Waals surface area contributed by atoms with Gasteiger partial charge in [0.15, 0.2) is 0 Å². The zero-order chi connectivity index (χ0) is 16.2. The van der Waals surface area contributed by atoms with Crippen LogP contribution in [0.2, 0.25) is 0 Å². The first-order chi connectivity index (χ1) is 11.2. The van der Waals surface area contributed by atoms with E-state index in [1.807, 2.05) is 30.3 Å². The van der Waals surface area contributed by atoms with E-state index < -0.39 is 0 Å². The van der Waals surface area contributed by atoms with Crippen LogP contribution in [0.5, 0.6) is 0 Å². The summed E-state index contributed by atoms with van der Waals surface area (Å²) in [5.74, 6) is -0.283. The summed E-state index contributed by atoms with van der Waals surface area (Å²) in [5.41, 5.74) is 3.14. The number of rotatable bonds is 5. The highest BCUT2D eigenvalue weighted by atomic mass is 32.2. The lowest BCUT2D eigenvalue weighted by Crippen LogP contribution is -2.37. The van der Waals surface area contributed by atoms with Crippen molar-refractivity contribution in [1.29, 1.82) is 0 Å². The Hall–Kier alpha value is -2.19. The van der Waals surface area contributed by atoms with E-state index in [0.29, 0.717) is 10.6 Å². The normalized spacial score (nSPS) is 14.3. The van der Waals surface area contributed by atoms with E-state index in [2.05, 4.69) is 10.3 Å². The number of hydrogen-bond acceptors (Lipinski definition) is 6. The number of nitrogens with zero attached hydrogens (tertiary/aromatic N) is 2. The molecule has 0 saturated carbocycles. The second-order valence-electron chi connectivity index (χ2n) is 4.75. The Balaban J connectivity index is 1.62. The third-order valence-corrected chi connectivity index (χ3v) is 4.97. The fraction of sp³-hybridized carbons (Fsp3) is 0.200. The van der Waals surface area contributed by atoms with Crippen molar-refractivity contribution in [2.24, 2.45) is 0 Å². The Bertz CT molecular complexity index is 729. The molecule has 3 rings (SSSR count). The average molecular weight is 347 g/mol. The molecule has 0 radical (unpaired) electrons. The van der Waals surface area contributed by atoms with Crippen molar-refractivity contribution in [3.63, 3.8) is 0 Å². The summed E-state index contributed by atoms with van der Waals surface area (Å²) in [7, 11) is 0. The minimum Gasteiger partial charge on any atom is -0.349 e. The minimum absolute atomic E-state index is 0.180. The summed E-state index contributed by atoms with van der Waals surface area (Å²) in [6.07, 6.45) is 0. The lowest BCUT2D eigenvalue weighted by atomic mass is 10.1. The lowest BCUT2D eigenvalue weighted by Gasteiger charge is -2.13. The molecule has 0 aliphatic carbocycles. The van der Waals surface area contributed by atoms with Crippen molar-refractivity contribution in [2.75, 3.05) is 18.8 Å². The molecule has 0 unspecified atom stereocenters. The highest BCUT2D eigenvalue weighted by Crippen LogP contribution is 2.25. The molecule has 2 heterocycles. The summed E-state index contributed by atoms with van der Waals surface area (Å²) in [4.78, 5) is 41.2. The van der Waals surface area contributed by atoms with Gasteiger partial charge >= 0.3 is 0 Å². The molecule has 1 aliphatic rings. The van der Waals surface area contributed by atoms with Crippen LogP contribution in [-0.4, -0.2) is 45.8 Å². The number of nitrogens with one attached hydrogen (secondary N) is 1. The maximum atomic E-state index is 12.3. The monoisotopic (exact) mass is 347 g/mol. The van der Waals surface area contributed by atoms with E-state index >= 15 is 0 Å². The van der Waals surface area contributed by atoms with E-state index in [-0.39, 0.29) is 35.9 Å². The summed E-state index contributed by atoms with van der Waals surface area (Å²) in [6, 6.07) is 9.46. The number of amides is 3. The van der Waals surface area contributed by atoms with E-state index in [0.717, 1.165) is 22.2 Å². The molecule has 1 fully saturated rings. The molecule has 0 bridgehead atoms. The van der Waals surface area contributed by atoms with Crippen molar-refractivity contribution in [3.8, 4) is 11.3 Å². The maximum Gasteiger partial charge on any atom is 0.288 e. The number of hydrogen-bond donors (Lipinski definition) is 1. The zero-order valence-electron chi connectivity index (χ0n) is 12.0. The highest BCUT2D eigenvalue weighted by Gasteiger charge is 2.29. The molecular formula is C15H13N3O3S2. The Morgan fingerprint density at radius 2 is 2.04 bits per heavy atom. The summed E-state index contributed by atoms with van der Waals surface area (Å²) < 4.78 is 0. The van der Waals surface area contributed by atoms with Gasteiger partial charge in [0.2, 0.25) is 5.91 Å². The molecule has 23 heavy (non-hydrogen) atoms. The van der Waals surface area contributed by atoms with Crippen LogP contribution in [0.1, 0.15) is 9.67 Å². The molecule has 1 N–H and O–H groups in total. The molecule has 2 aromatic rings. The van der Waals surface area contributed by atoms with E-state index in [9.17, 15) is 14.4 Å². The topological polar surface area (TPSA) is 79.4 Å². The molecule has 0 atom stereocenters. The third kappa shape index (κ3) is 3.43. The van der Waals surface area contributed by atoms with Crippen molar-refractivity contribution in [2.45, 2.75) is 0 Å². The minimum atomic E-state index is -0.257. The van der Waals surface area contributed by atoms with Crippen molar-refractivity contribution >= 4 is 40.2 Å². The molecule has 6 nitrogen and oxygen atoms in total. The second-order valence-corrected chi connectivity index (χ2v) is 6.53. The predicted molar refractivity (Wildman–Crippen MR) is 89.5 cm³/mol. The van der Waals surface area contributed by atoms with Gasteiger partial charge in [-0.25, -0.2) is 4.98 Å². The molecule has 8 heteroatoms. The van der Waals surface area contributed by atoms with Gasteiger partial charge in [0, 0.05) is 18.7 Å². The van der Waals surface area contributed by atoms with Crippen LogP contribution < -0.4 is 5.32 Å². The maximum absolute atomic E-state index is 12.3. The van der Waals surface area contributed by atoms with Crippen molar-refractivity contribution < 1.29 is 14.4 Å². The second kappa shape index (κ2) is 6.93. The van der Waals surface area contributed by atoms with Gasteiger partial charge in [0.1, 0.15) is 4.88 Å². The van der Waals surface area contributed by atoms with Gasteiger partial charge < -0.3 is 5.32 Å². The Labute approximate surface area is 140 Å². The zero-order valence-corrected chi connectivity index (χ0v) is 13.7. The fourth-order valence-corrected chi connectivity index (χ4v) is 3.64. The molecule has 1 aromatic heterocycles. The van der Waals surface area contributed by atoms with Gasteiger partial charge in [-0.2, -0.15) is 0 Å². The predicted octanol–water partition coefficient (Wildman–Crippen LogP) is 2.24. The van der Waals surface area contributed by atoms with Crippen molar-refractivity contribution in [1.82, 2.24) is 15.2 Å². The van der Waals surface area contributed by atoms with Gasteiger partial charge in [0.25, 0.3) is 11.1 Å². The standard InChI is InChI=1S/C15H13N3O3S2/c19-11-8-22-15(21)18(11)7-6-16-14(20)13-12(17-9-23-13)10-4-2-1-3-5-10/h1-5,9H,6-8H2,(H,16,20). The summed E-state index contributed by atoms with van der Waals surface area (Å²) >= 11 is 2.25. The summed E-state index contributed by atoms with van der Waals surface area (Å²) in [6.45, 7) is 0.416. The fourth-order valence-electron chi connectivity index (χ4n) is 2.17. The van der Waals surface area contributed by atoms with Crippen LogP contribution in [-0.2, 0) is 4.79 Å². The largest absolute Gasteiger partial charge is 0.349 e. The van der Waals surface area contributed by atoms with E-state index in [1.165, 1.54) is 11.3 Å². The third-order valence-electron chi connectivity index (χ3n) is 3.28. The number of aromatic nitrogens is 1. The molecule has 1 aromatic carbocycles. The van der Waals surface area contributed by atoms with Crippen LogP contribution in [0.3, 0.4) is 0 Å². The first-order valence-corrected chi connectivity index (χ1v) is 8.77. The quantitative estimate of drug-likeness (QED) is 0.897. The van der Waals surface area contributed by atoms with Crippen LogP contribution in [0.15, 0.2) is 35.8 Å². The number of imide groups is 1.